The minimum atomic E-state index is -0.308. The highest BCUT2D eigenvalue weighted by Crippen LogP contribution is 2.28. The molecule has 0 atom stereocenters. The molecule has 0 aliphatic carbocycles. The van der Waals surface area contributed by atoms with E-state index in [1.165, 1.54) is 0 Å². The third kappa shape index (κ3) is 3.20. The summed E-state index contributed by atoms with van der Waals surface area (Å²) >= 11 is 0. The molecule has 0 radical (unpaired) electrons. The van der Waals surface area contributed by atoms with Gasteiger partial charge in [0.15, 0.2) is 5.82 Å². The Labute approximate surface area is 125 Å². The van der Waals surface area contributed by atoms with Gasteiger partial charge in [-0.2, -0.15) is 0 Å². The van der Waals surface area contributed by atoms with E-state index in [1.807, 2.05) is 4.90 Å². The maximum atomic E-state index is 14.1. The molecule has 1 aromatic rings. The summed E-state index contributed by atoms with van der Waals surface area (Å²) in [6.45, 7) is 3.39. The van der Waals surface area contributed by atoms with Crippen molar-refractivity contribution in [2.75, 3.05) is 38.1 Å². The molecule has 0 unspecified atom stereocenters. The average molecular weight is 294 g/mol. The van der Waals surface area contributed by atoms with Gasteiger partial charge in [0, 0.05) is 31.7 Å². The van der Waals surface area contributed by atoms with Crippen molar-refractivity contribution in [2.45, 2.75) is 31.7 Å². The van der Waals surface area contributed by atoms with Crippen molar-refractivity contribution in [3.8, 4) is 0 Å². The second kappa shape index (κ2) is 6.30. The van der Waals surface area contributed by atoms with E-state index in [0.29, 0.717) is 17.4 Å². The maximum absolute atomic E-state index is 14.1. The van der Waals surface area contributed by atoms with Gasteiger partial charge in [-0.1, -0.05) is 12.1 Å². The Balaban J connectivity index is 1.52. The second-order valence-corrected chi connectivity index (χ2v) is 6.07. The predicted octanol–water partition coefficient (Wildman–Crippen LogP) is 1.62. The molecule has 3 rings (SSSR count). The highest BCUT2D eigenvalue weighted by atomic mass is 19.1. The van der Waals surface area contributed by atoms with Crippen molar-refractivity contribution in [1.82, 2.24) is 4.90 Å². The lowest BCUT2D eigenvalue weighted by atomic mass is 10.1. The first-order valence-corrected chi connectivity index (χ1v) is 7.64. The summed E-state index contributed by atoms with van der Waals surface area (Å²) in [5.74, 6) is -0.308. The van der Waals surface area contributed by atoms with Gasteiger partial charge in [-0.3, -0.25) is 0 Å². The number of halogens is 1. The van der Waals surface area contributed by atoms with Crippen molar-refractivity contribution in [1.29, 1.82) is 0 Å². The largest absolute Gasteiger partial charge is 0.392 e. The number of anilines is 1. The number of likely N-dealkylation sites (tertiary alicyclic amines) is 1. The van der Waals surface area contributed by atoms with Crippen LogP contribution in [0.25, 0.3) is 0 Å². The quantitative estimate of drug-likeness (QED) is 0.915. The van der Waals surface area contributed by atoms with Crippen molar-refractivity contribution >= 4 is 5.69 Å². The molecule has 2 aliphatic rings. The summed E-state index contributed by atoms with van der Waals surface area (Å²) in [7, 11) is 2.14. The van der Waals surface area contributed by atoms with Gasteiger partial charge in [0.05, 0.1) is 24.5 Å². The molecule has 4 nitrogen and oxygen atoms in total. The van der Waals surface area contributed by atoms with Crippen LogP contribution in [-0.2, 0) is 11.3 Å². The Hall–Kier alpha value is -1.17. The molecular weight excluding hydrogens is 271 g/mol. The van der Waals surface area contributed by atoms with Crippen molar-refractivity contribution < 1.29 is 14.2 Å². The topological polar surface area (TPSA) is 35.9 Å². The van der Waals surface area contributed by atoms with Gasteiger partial charge in [0.1, 0.15) is 0 Å². The van der Waals surface area contributed by atoms with Crippen LogP contribution >= 0.6 is 0 Å². The average Bonchev–Trinajstić information content (AvgIpc) is 2.45. The van der Waals surface area contributed by atoms with Gasteiger partial charge in [-0.25, -0.2) is 4.39 Å². The molecule has 0 bridgehead atoms. The summed E-state index contributed by atoms with van der Waals surface area (Å²) in [6, 6.07) is 5.17. The Morgan fingerprint density at radius 3 is 2.62 bits per heavy atom. The van der Waals surface area contributed by atoms with Gasteiger partial charge in [-0.15, -0.1) is 0 Å². The van der Waals surface area contributed by atoms with E-state index >= 15 is 0 Å². The van der Waals surface area contributed by atoms with E-state index in [4.69, 9.17) is 9.84 Å². The minimum Gasteiger partial charge on any atom is -0.392 e. The SMILES string of the molecule is CN1CCC(OC2CN(c3cccc(CO)c3F)C2)CC1. The molecule has 5 heteroatoms. The number of rotatable bonds is 4. The van der Waals surface area contributed by atoms with Crippen LogP contribution in [0.15, 0.2) is 18.2 Å². The van der Waals surface area contributed by atoms with E-state index in [-0.39, 0.29) is 18.5 Å². The van der Waals surface area contributed by atoms with Crippen molar-refractivity contribution in [3.05, 3.63) is 29.6 Å². The van der Waals surface area contributed by atoms with Crippen LogP contribution in [0.2, 0.25) is 0 Å². The number of hydrogen-bond donors (Lipinski definition) is 1. The highest BCUT2D eigenvalue weighted by Gasteiger charge is 2.32. The number of nitrogens with zero attached hydrogens (tertiary/aromatic N) is 2. The fourth-order valence-electron chi connectivity index (χ4n) is 3.05. The number of benzene rings is 1. The molecular formula is C16H23FN2O2. The lowest BCUT2D eigenvalue weighted by molar-refractivity contribution is -0.0502. The zero-order valence-electron chi connectivity index (χ0n) is 12.5. The summed E-state index contributed by atoms with van der Waals surface area (Å²) in [5.41, 5.74) is 0.928. The normalized spacial score (nSPS) is 21.6. The third-order valence-corrected chi connectivity index (χ3v) is 4.47. The van der Waals surface area contributed by atoms with Crippen LogP contribution in [0.5, 0.6) is 0 Å². The summed E-state index contributed by atoms with van der Waals surface area (Å²) < 4.78 is 20.2. The molecule has 1 N–H and O–H groups in total. The number of aliphatic hydroxyl groups is 1. The Kier molecular flexibility index (Phi) is 4.42. The fraction of sp³-hybridized carbons (Fsp3) is 0.625. The van der Waals surface area contributed by atoms with E-state index in [1.54, 1.807) is 18.2 Å². The molecule has 0 amide bonds. The summed E-state index contributed by atoms with van der Waals surface area (Å²) in [5, 5.41) is 9.12. The molecule has 116 valence electrons. The zero-order chi connectivity index (χ0) is 14.8. The Morgan fingerprint density at radius 2 is 1.95 bits per heavy atom. The lowest BCUT2D eigenvalue weighted by Crippen LogP contribution is -2.54. The Morgan fingerprint density at radius 1 is 1.24 bits per heavy atom. The monoisotopic (exact) mass is 294 g/mol. The smallest absolute Gasteiger partial charge is 0.151 e. The third-order valence-electron chi connectivity index (χ3n) is 4.47. The Bertz CT molecular complexity index is 483. The molecule has 2 saturated heterocycles. The molecule has 0 saturated carbocycles. The van der Waals surface area contributed by atoms with Gasteiger partial charge in [0.25, 0.3) is 0 Å². The minimum absolute atomic E-state index is 0.204. The van der Waals surface area contributed by atoms with Gasteiger partial charge in [0.2, 0.25) is 0 Å². The summed E-state index contributed by atoms with van der Waals surface area (Å²) in [6.07, 6.45) is 2.72. The first kappa shape index (κ1) is 14.8. The number of piperidine rings is 1. The predicted molar refractivity (Wildman–Crippen MR) is 79.9 cm³/mol. The first-order chi connectivity index (χ1) is 10.2. The zero-order valence-corrected chi connectivity index (χ0v) is 12.5. The molecule has 2 fully saturated rings. The number of aliphatic hydroxyl groups excluding tert-OH is 1. The second-order valence-electron chi connectivity index (χ2n) is 6.07. The molecule has 0 spiro atoms. The number of ether oxygens (including phenoxy) is 1. The van der Waals surface area contributed by atoms with E-state index in [0.717, 1.165) is 39.0 Å². The van der Waals surface area contributed by atoms with Gasteiger partial charge < -0.3 is 19.6 Å². The standard InChI is InChI=1S/C16H23FN2O2/c1-18-7-5-13(6-8-18)21-14-9-19(10-14)15-4-2-3-12(11-20)16(15)17/h2-4,13-14,20H,5-11H2,1H3. The lowest BCUT2D eigenvalue weighted by Gasteiger charge is -2.43. The molecule has 2 heterocycles. The van der Waals surface area contributed by atoms with Crippen LogP contribution in [0.4, 0.5) is 10.1 Å². The van der Waals surface area contributed by atoms with Crippen LogP contribution in [0.1, 0.15) is 18.4 Å². The van der Waals surface area contributed by atoms with E-state index in [2.05, 4.69) is 11.9 Å². The highest BCUT2D eigenvalue weighted by molar-refractivity contribution is 5.52. The fourth-order valence-corrected chi connectivity index (χ4v) is 3.05. The van der Waals surface area contributed by atoms with E-state index < -0.39 is 0 Å². The van der Waals surface area contributed by atoms with Crippen molar-refractivity contribution in [2.24, 2.45) is 0 Å². The summed E-state index contributed by atoms with van der Waals surface area (Å²) in [4.78, 5) is 4.30. The molecule has 0 aromatic heterocycles. The first-order valence-electron chi connectivity index (χ1n) is 7.64. The molecule has 2 aliphatic heterocycles. The molecule has 21 heavy (non-hydrogen) atoms. The van der Waals surface area contributed by atoms with Gasteiger partial charge in [-0.05, 0) is 26.0 Å². The van der Waals surface area contributed by atoms with Crippen LogP contribution in [0.3, 0.4) is 0 Å². The van der Waals surface area contributed by atoms with E-state index in [9.17, 15) is 4.39 Å². The van der Waals surface area contributed by atoms with Crippen LogP contribution in [0, 0.1) is 5.82 Å². The number of hydrogen-bond acceptors (Lipinski definition) is 4. The van der Waals surface area contributed by atoms with Crippen LogP contribution < -0.4 is 4.90 Å². The van der Waals surface area contributed by atoms with Gasteiger partial charge >= 0.3 is 0 Å². The van der Waals surface area contributed by atoms with Crippen molar-refractivity contribution in [3.63, 3.8) is 0 Å². The van der Waals surface area contributed by atoms with Crippen LogP contribution in [-0.4, -0.2) is 55.4 Å². The maximum Gasteiger partial charge on any atom is 0.151 e. The molecule has 1 aromatic carbocycles.